The summed E-state index contributed by atoms with van der Waals surface area (Å²) < 4.78 is 28.0. The van der Waals surface area contributed by atoms with Crippen LogP contribution in [0.4, 0.5) is 0 Å². The van der Waals surface area contributed by atoms with Crippen molar-refractivity contribution < 1.29 is 13.2 Å². The second-order valence-corrected chi connectivity index (χ2v) is 6.61. The largest absolute Gasteiger partial charge is 0.361 e. The smallest absolute Gasteiger partial charge is 0.150 e. The Morgan fingerprint density at radius 1 is 1.27 bits per heavy atom. The van der Waals surface area contributed by atoms with Crippen LogP contribution in [0.15, 0.2) is 0 Å². The van der Waals surface area contributed by atoms with Crippen molar-refractivity contribution in [1.82, 2.24) is 5.32 Å². The zero-order valence-corrected chi connectivity index (χ0v) is 10.4. The van der Waals surface area contributed by atoms with Gasteiger partial charge in [0.05, 0.1) is 18.1 Å². The van der Waals surface area contributed by atoms with Crippen molar-refractivity contribution in [1.29, 1.82) is 0 Å². The first-order valence-electron chi connectivity index (χ1n) is 5.15. The van der Waals surface area contributed by atoms with Gasteiger partial charge in [-0.3, -0.25) is 5.32 Å². The summed E-state index contributed by atoms with van der Waals surface area (Å²) in [5.74, 6) is 1.03. The topological polar surface area (TPSA) is 55.4 Å². The average Bonchev–Trinajstić information content (AvgIpc) is 2.52. The predicted octanol–water partition coefficient (Wildman–Crippen LogP) is 0.567. The van der Waals surface area contributed by atoms with Crippen LogP contribution >= 0.6 is 12.4 Å². The third-order valence-corrected chi connectivity index (χ3v) is 4.72. The van der Waals surface area contributed by atoms with E-state index < -0.39 is 9.84 Å². The molecule has 2 fully saturated rings. The van der Waals surface area contributed by atoms with E-state index >= 15 is 0 Å². The maximum absolute atomic E-state index is 11.2. The molecule has 0 saturated carbocycles. The molecule has 0 bridgehead atoms. The molecule has 0 spiro atoms. The molecule has 2 unspecified atom stereocenters. The molecular formula is C9H18ClNO3S. The number of hydrogen-bond donors (Lipinski definition) is 1. The highest BCUT2D eigenvalue weighted by atomic mass is 35.5. The van der Waals surface area contributed by atoms with Crippen molar-refractivity contribution in [3.8, 4) is 0 Å². The Kier molecular flexibility index (Phi) is 4.40. The zero-order valence-electron chi connectivity index (χ0n) is 8.81. The van der Waals surface area contributed by atoms with Gasteiger partial charge in [-0.25, -0.2) is 8.42 Å². The van der Waals surface area contributed by atoms with Gasteiger partial charge in [-0.05, 0) is 19.8 Å². The van der Waals surface area contributed by atoms with E-state index in [-0.39, 0.29) is 18.6 Å². The first kappa shape index (κ1) is 13.2. The monoisotopic (exact) mass is 255 g/mol. The highest BCUT2D eigenvalue weighted by Crippen LogP contribution is 2.25. The minimum Gasteiger partial charge on any atom is -0.361 e. The number of ether oxygens (including phenoxy) is 1. The standard InChI is InChI=1S/C9H17NO3S.ClH/c1-7-6-13-9(10-7)8-2-4-14(11,12)5-3-8;/h7-10H,2-6H2,1H3;1H. The number of nitrogens with one attached hydrogen (secondary N) is 1. The minimum absolute atomic E-state index is 0. The fourth-order valence-corrected chi connectivity index (χ4v) is 3.64. The fraction of sp³-hybridized carbons (Fsp3) is 1.00. The molecule has 90 valence electrons. The summed E-state index contributed by atoms with van der Waals surface area (Å²) >= 11 is 0. The molecule has 2 atom stereocenters. The molecule has 2 aliphatic heterocycles. The highest BCUT2D eigenvalue weighted by Gasteiger charge is 2.33. The normalized spacial score (nSPS) is 36.1. The molecule has 1 N–H and O–H groups in total. The summed E-state index contributed by atoms with van der Waals surface area (Å²) in [4.78, 5) is 0. The van der Waals surface area contributed by atoms with Crippen LogP contribution in [0.1, 0.15) is 19.8 Å². The second kappa shape index (κ2) is 4.99. The second-order valence-electron chi connectivity index (χ2n) is 4.31. The molecule has 2 aliphatic rings. The molecule has 4 nitrogen and oxygen atoms in total. The number of halogens is 1. The van der Waals surface area contributed by atoms with Gasteiger partial charge in [0, 0.05) is 12.0 Å². The number of hydrogen-bond acceptors (Lipinski definition) is 4. The van der Waals surface area contributed by atoms with Crippen molar-refractivity contribution in [3.63, 3.8) is 0 Å². The van der Waals surface area contributed by atoms with E-state index in [0.29, 0.717) is 23.5 Å². The van der Waals surface area contributed by atoms with Crippen molar-refractivity contribution in [3.05, 3.63) is 0 Å². The lowest BCUT2D eigenvalue weighted by Gasteiger charge is -2.26. The molecule has 0 aromatic carbocycles. The molecule has 0 radical (unpaired) electrons. The quantitative estimate of drug-likeness (QED) is 0.744. The highest BCUT2D eigenvalue weighted by molar-refractivity contribution is 7.91. The van der Waals surface area contributed by atoms with Gasteiger partial charge in [-0.15, -0.1) is 12.4 Å². The minimum atomic E-state index is -2.74. The van der Waals surface area contributed by atoms with Crippen LogP contribution in [-0.4, -0.2) is 38.8 Å². The van der Waals surface area contributed by atoms with E-state index in [0.717, 1.165) is 19.4 Å². The molecule has 0 aliphatic carbocycles. The summed E-state index contributed by atoms with van der Waals surface area (Å²) in [5.41, 5.74) is 0. The Balaban J connectivity index is 0.00000112. The molecule has 0 aromatic rings. The van der Waals surface area contributed by atoms with Gasteiger partial charge in [0.1, 0.15) is 16.1 Å². The van der Waals surface area contributed by atoms with Crippen molar-refractivity contribution in [2.75, 3.05) is 18.1 Å². The summed E-state index contributed by atoms with van der Waals surface area (Å²) in [5, 5.41) is 3.33. The van der Waals surface area contributed by atoms with Gasteiger partial charge in [0.15, 0.2) is 0 Å². The maximum Gasteiger partial charge on any atom is 0.150 e. The fourth-order valence-electron chi connectivity index (χ4n) is 2.11. The van der Waals surface area contributed by atoms with Crippen molar-refractivity contribution in [2.24, 2.45) is 5.92 Å². The Morgan fingerprint density at radius 3 is 2.33 bits per heavy atom. The first-order valence-corrected chi connectivity index (χ1v) is 6.97. The Hall–Kier alpha value is 0.160. The maximum atomic E-state index is 11.2. The van der Waals surface area contributed by atoms with Gasteiger partial charge in [0.25, 0.3) is 0 Å². The van der Waals surface area contributed by atoms with E-state index in [4.69, 9.17) is 4.74 Å². The SMILES string of the molecule is CC1COC(C2CCS(=O)(=O)CC2)N1.Cl. The van der Waals surface area contributed by atoms with E-state index in [1.54, 1.807) is 0 Å². The molecule has 15 heavy (non-hydrogen) atoms. The van der Waals surface area contributed by atoms with Gasteiger partial charge in [-0.1, -0.05) is 0 Å². The summed E-state index contributed by atoms with van der Waals surface area (Å²) in [6.45, 7) is 2.83. The molecule has 2 saturated heterocycles. The molecule has 0 aromatic heterocycles. The van der Waals surface area contributed by atoms with Crippen LogP contribution in [0.2, 0.25) is 0 Å². The summed E-state index contributed by atoms with van der Waals surface area (Å²) in [6.07, 6.45) is 1.57. The number of rotatable bonds is 1. The lowest BCUT2D eigenvalue weighted by atomic mass is 10.0. The third-order valence-electron chi connectivity index (χ3n) is 3.00. The Morgan fingerprint density at radius 2 is 1.87 bits per heavy atom. The zero-order chi connectivity index (χ0) is 10.2. The van der Waals surface area contributed by atoms with E-state index in [1.165, 1.54) is 0 Å². The van der Waals surface area contributed by atoms with Crippen molar-refractivity contribution in [2.45, 2.75) is 32.0 Å². The van der Waals surface area contributed by atoms with E-state index in [1.807, 2.05) is 0 Å². The Bertz CT molecular complexity index is 292. The first-order chi connectivity index (χ1) is 6.57. The van der Waals surface area contributed by atoms with Gasteiger partial charge >= 0.3 is 0 Å². The Labute approximate surface area is 97.1 Å². The lowest BCUT2D eigenvalue weighted by Crippen LogP contribution is -2.39. The van der Waals surface area contributed by atoms with Crippen LogP contribution < -0.4 is 5.32 Å². The molecule has 2 heterocycles. The van der Waals surface area contributed by atoms with Crippen molar-refractivity contribution >= 4 is 22.2 Å². The van der Waals surface area contributed by atoms with Crippen LogP contribution in [0.25, 0.3) is 0 Å². The third kappa shape index (κ3) is 3.31. The summed E-state index contributed by atoms with van der Waals surface area (Å²) in [6, 6.07) is 0.401. The van der Waals surface area contributed by atoms with Gasteiger partial charge in [0.2, 0.25) is 0 Å². The van der Waals surface area contributed by atoms with E-state index in [9.17, 15) is 8.42 Å². The van der Waals surface area contributed by atoms with Crippen LogP contribution in [-0.2, 0) is 14.6 Å². The van der Waals surface area contributed by atoms with Gasteiger partial charge < -0.3 is 4.74 Å². The molecule has 6 heteroatoms. The molecule has 0 amide bonds. The number of sulfone groups is 1. The average molecular weight is 256 g/mol. The molecule has 2 rings (SSSR count). The summed E-state index contributed by atoms with van der Waals surface area (Å²) in [7, 11) is -2.74. The van der Waals surface area contributed by atoms with Crippen LogP contribution in [0.5, 0.6) is 0 Å². The van der Waals surface area contributed by atoms with Gasteiger partial charge in [-0.2, -0.15) is 0 Å². The van der Waals surface area contributed by atoms with Crippen LogP contribution in [0.3, 0.4) is 0 Å². The lowest BCUT2D eigenvalue weighted by molar-refractivity contribution is 0.0478. The molecular weight excluding hydrogens is 238 g/mol. The predicted molar refractivity (Wildman–Crippen MR) is 61.0 cm³/mol. The van der Waals surface area contributed by atoms with E-state index in [2.05, 4.69) is 12.2 Å². The van der Waals surface area contributed by atoms with Crippen LogP contribution in [0, 0.1) is 5.92 Å².